The number of carbonyl (C=O) groups is 1. The summed E-state index contributed by atoms with van der Waals surface area (Å²) in [5, 5.41) is 12.4. The van der Waals surface area contributed by atoms with Gasteiger partial charge in [0.2, 0.25) is 5.91 Å². The standard InChI is InChI=1S/C15H16N2O2S/c1-11-4-5-13(14(18)7-11)17-15(19)10-20-9-12-3-2-6-16-8-12/h2-8,18H,9-10H2,1H3,(H,17,19). The van der Waals surface area contributed by atoms with Crippen molar-refractivity contribution >= 4 is 23.4 Å². The number of pyridine rings is 1. The molecule has 1 aromatic carbocycles. The quantitative estimate of drug-likeness (QED) is 0.830. The molecule has 0 fully saturated rings. The van der Waals surface area contributed by atoms with E-state index in [1.54, 1.807) is 24.5 Å². The fraction of sp³-hybridized carbons (Fsp3) is 0.200. The van der Waals surface area contributed by atoms with Crippen LogP contribution in [-0.2, 0) is 10.5 Å². The number of phenols is 1. The van der Waals surface area contributed by atoms with E-state index >= 15 is 0 Å². The third kappa shape index (κ3) is 4.28. The number of rotatable bonds is 5. The summed E-state index contributed by atoms with van der Waals surface area (Å²) in [7, 11) is 0. The molecule has 0 aliphatic heterocycles. The third-order valence-electron chi connectivity index (χ3n) is 2.65. The number of benzene rings is 1. The fourth-order valence-corrected chi connectivity index (χ4v) is 2.44. The van der Waals surface area contributed by atoms with Crippen LogP contribution in [0, 0.1) is 6.92 Å². The van der Waals surface area contributed by atoms with Crippen molar-refractivity contribution in [2.45, 2.75) is 12.7 Å². The predicted molar refractivity (Wildman–Crippen MR) is 81.9 cm³/mol. The minimum atomic E-state index is -0.127. The summed E-state index contributed by atoms with van der Waals surface area (Å²) < 4.78 is 0. The molecule has 1 aromatic heterocycles. The number of aryl methyl sites for hydroxylation is 1. The van der Waals surface area contributed by atoms with Crippen LogP contribution in [0.25, 0.3) is 0 Å². The lowest BCUT2D eigenvalue weighted by molar-refractivity contribution is -0.113. The third-order valence-corrected chi connectivity index (χ3v) is 3.66. The van der Waals surface area contributed by atoms with Gasteiger partial charge < -0.3 is 10.4 Å². The first-order valence-corrected chi connectivity index (χ1v) is 7.37. The maximum Gasteiger partial charge on any atom is 0.234 e. The first-order chi connectivity index (χ1) is 9.65. The van der Waals surface area contributed by atoms with E-state index in [0.717, 1.165) is 16.9 Å². The number of hydrogen-bond acceptors (Lipinski definition) is 4. The average Bonchev–Trinajstić information content (AvgIpc) is 2.43. The summed E-state index contributed by atoms with van der Waals surface area (Å²) in [5.74, 6) is 1.04. The van der Waals surface area contributed by atoms with Crippen LogP contribution in [0.3, 0.4) is 0 Å². The molecule has 2 N–H and O–H groups in total. The molecule has 0 saturated heterocycles. The largest absolute Gasteiger partial charge is 0.506 e. The van der Waals surface area contributed by atoms with Crippen molar-refractivity contribution in [1.82, 2.24) is 4.98 Å². The van der Waals surface area contributed by atoms with E-state index in [2.05, 4.69) is 10.3 Å². The van der Waals surface area contributed by atoms with Crippen molar-refractivity contribution < 1.29 is 9.90 Å². The zero-order chi connectivity index (χ0) is 14.4. The van der Waals surface area contributed by atoms with Crippen molar-refractivity contribution in [3.05, 3.63) is 53.9 Å². The van der Waals surface area contributed by atoms with Gasteiger partial charge in [0, 0.05) is 18.1 Å². The zero-order valence-corrected chi connectivity index (χ0v) is 12.0. The summed E-state index contributed by atoms with van der Waals surface area (Å²) in [4.78, 5) is 15.8. The number of carbonyl (C=O) groups excluding carboxylic acids is 1. The lowest BCUT2D eigenvalue weighted by Crippen LogP contribution is -2.14. The van der Waals surface area contributed by atoms with Gasteiger partial charge >= 0.3 is 0 Å². The summed E-state index contributed by atoms with van der Waals surface area (Å²) in [6.07, 6.45) is 3.51. The Bertz CT molecular complexity index is 588. The number of aromatic hydroxyl groups is 1. The molecule has 1 heterocycles. The molecular weight excluding hydrogens is 272 g/mol. The Labute approximate surface area is 122 Å². The summed E-state index contributed by atoms with van der Waals surface area (Å²) in [5.41, 5.74) is 2.48. The maximum absolute atomic E-state index is 11.8. The Balaban J connectivity index is 1.81. The monoisotopic (exact) mass is 288 g/mol. The van der Waals surface area contributed by atoms with Gasteiger partial charge in [-0.1, -0.05) is 12.1 Å². The summed E-state index contributed by atoms with van der Waals surface area (Å²) >= 11 is 1.51. The second kappa shape index (κ2) is 6.96. The van der Waals surface area contributed by atoms with Crippen molar-refractivity contribution in [3.8, 4) is 5.75 Å². The van der Waals surface area contributed by atoms with Crippen LogP contribution in [0.2, 0.25) is 0 Å². The van der Waals surface area contributed by atoms with Gasteiger partial charge in [-0.3, -0.25) is 9.78 Å². The fourth-order valence-electron chi connectivity index (χ4n) is 1.68. The predicted octanol–water partition coefficient (Wildman–Crippen LogP) is 2.97. The Morgan fingerprint density at radius 3 is 2.95 bits per heavy atom. The van der Waals surface area contributed by atoms with Crippen LogP contribution in [0.15, 0.2) is 42.7 Å². The molecule has 0 bridgehead atoms. The molecule has 0 unspecified atom stereocenters. The van der Waals surface area contributed by atoms with Crippen LogP contribution in [0.5, 0.6) is 5.75 Å². The van der Waals surface area contributed by atoms with Gasteiger partial charge in [0.15, 0.2) is 0 Å². The van der Waals surface area contributed by atoms with Crippen molar-refractivity contribution in [3.63, 3.8) is 0 Å². The van der Waals surface area contributed by atoms with Crippen molar-refractivity contribution in [2.75, 3.05) is 11.1 Å². The maximum atomic E-state index is 11.8. The number of nitrogens with one attached hydrogen (secondary N) is 1. The van der Waals surface area contributed by atoms with E-state index in [-0.39, 0.29) is 11.7 Å². The van der Waals surface area contributed by atoms with Gasteiger partial charge in [0.25, 0.3) is 0 Å². The first-order valence-electron chi connectivity index (χ1n) is 6.21. The molecule has 1 amide bonds. The highest BCUT2D eigenvalue weighted by atomic mass is 32.2. The smallest absolute Gasteiger partial charge is 0.234 e. The number of nitrogens with zero attached hydrogens (tertiary/aromatic N) is 1. The minimum Gasteiger partial charge on any atom is -0.506 e. The lowest BCUT2D eigenvalue weighted by Gasteiger charge is -2.07. The van der Waals surface area contributed by atoms with Crippen LogP contribution in [-0.4, -0.2) is 21.8 Å². The van der Waals surface area contributed by atoms with Crippen molar-refractivity contribution in [1.29, 1.82) is 0 Å². The number of amides is 1. The Morgan fingerprint density at radius 2 is 2.25 bits per heavy atom. The number of thioether (sulfide) groups is 1. The lowest BCUT2D eigenvalue weighted by atomic mass is 10.2. The number of hydrogen-bond donors (Lipinski definition) is 2. The van der Waals surface area contributed by atoms with E-state index in [1.807, 2.05) is 25.1 Å². The highest BCUT2D eigenvalue weighted by Gasteiger charge is 2.06. The van der Waals surface area contributed by atoms with Gasteiger partial charge in [0.1, 0.15) is 5.75 Å². The topological polar surface area (TPSA) is 62.2 Å². The van der Waals surface area contributed by atoms with Crippen LogP contribution < -0.4 is 5.32 Å². The van der Waals surface area contributed by atoms with Crippen LogP contribution in [0.4, 0.5) is 5.69 Å². The molecule has 0 spiro atoms. The van der Waals surface area contributed by atoms with Gasteiger partial charge in [-0.25, -0.2) is 0 Å². The molecule has 0 saturated carbocycles. The second-order valence-corrected chi connectivity index (χ2v) is 5.41. The Morgan fingerprint density at radius 1 is 1.40 bits per heavy atom. The molecule has 104 valence electrons. The van der Waals surface area contributed by atoms with Gasteiger partial charge in [-0.15, -0.1) is 11.8 Å². The van der Waals surface area contributed by atoms with Gasteiger partial charge in [-0.2, -0.15) is 0 Å². The Kier molecular flexibility index (Phi) is 5.01. The highest BCUT2D eigenvalue weighted by molar-refractivity contribution is 7.99. The zero-order valence-electron chi connectivity index (χ0n) is 11.2. The van der Waals surface area contributed by atoms with Gasteiger partial charge in [-0.05, 0) is 36.2 Å². The Hall–Kier alpha value is -2.01. The molecule has 5 heteroatoms. The van der Waals surface area contributed by atoms with Crippen LogP contribution in [0.1, 0.15) is 11.1 Å². The second-order valence-electron chi connectivity index (χ2n) is 4.42. The number of anilines is 1. The molecule has 0 atom stereocenters. The van der Waals surface area contributed by atoms with E-state index in [4.69, 9.17) is 0 Å². The number of aromatic nitrogens is 1. The number of phenolic OH excluding ortho intramolecular Hbond substituents is 1. The SMILES string of the molecule is Cc1ccc(NC(=O)CSCc2cccnc2)c(O)c1. The summed E-state index contributed by atoms with van der Waals surface area (Å²) in [6.45, 7) is 1.88. The molecule has 20 heavy (non-hydrogen) atoms. The first kappa shape index (κ1) is 14.4. The molecule has 4 nitrogen and oxygen atoms in total. The molecule has 0 aliphatic carbocycles. The molecule has 0 radical (unpaired) electrons. The van der Waals surface area contributed by atoms with Crippen LogP contribution >= 0.6 is 11.8 Å². The van der Waals surface area contributed by atoms with E-state index in [1.165, 1.54) is 11.8 Å². The molecule has 2 aromatic rings. The van der Waals surface area contributed by atoms with Crippen molar-refractivity contribution in [2.24, 2.45) is 0 Å². The molecule has 2 rings (SSSR count). The highest BCUT2D eigenvalue weighted by Crippen LogP contribution is 2.24. The normalized spacial score (nSPS) is 10.2. The average molecular weight is 288 g/mol. The van der Waals surface area contributed by atoms with Gasteiger partial charge in [0.05, 0.1) is 11.4 Å². The van der Waals surface area contributed by atoms with E-state index in [0.29, 0.717) is 11.4 Å². The molecule has 0 aliphatic rings. The van der Waals surface area contributed by atoms with E-state index < -0.39 is 0 Å². The van der Waals surface area contributed by atoms with E-state index in [9.17, 15) is 9.90 Å². The minimum absolute atomic E-state index is 0.0932. The molecular formula is C15H16N2O2S. The summed E-state index contributed by atoms with van der Waals surface area (Å²) in [6, 6.07) is 9.02.